The van der Waals surface area contributed by atoms with Gasteiger partial charge in [0.25, 0.3) is 0 Å². The van der Waals surface area contributed by atoms with Gasteiger partial charge in [-0.05, 0) is 6.42 Å². The Bertz CT molecular complexity index is 92.6. The summed E-state index contributed by atoms with van der Waals surface area (Å²) in [6.45, 7) is 1.68. The lowest BCUT2D eigenvalue weighted by atomic mass is 9.95. The van der Waals surface area contributed by atoms with Crippen molar-refractivity contribution in [1.29, 1.82) is 0 Å². The average molecular weight is 114 g/mol. The molecule has 0 amide bonds. The molecule has 3 aliphatic heterocycles. The molecule has 3 aliphatic rings. The smallest absolute Gasteiger partial charge is 0.0637 e. The Hall–Kier alpha value is -0.120. The van der Waals surface area contributed by atoms with E-state index in [1.54, 1.807) is 0 Å². The minimum absolute atomic E-state index is 0.536. The fraction of sp³-hybridized carbons (Fsp3) is 1.00. The van der Waals surface area contributed by atoms with Crippen molar-refractivity contribution >= 4 is 0 Å². The maximum Gasteiger partial charge on any atom is 0.0637 e. The molecule has 3 fully saturated rings. The van der Waals surface area contributed by atoms with Crippen LogP contribution in [0.5, 0.6) is 0 Å². The third-order valence-corrected chi connectivity index (χ3v) is 2.01. The second kappa shape index (κ2) is 1.43. The lowest BCUT2D eigenvalue weighted by molar-refractivity contribution is -0.128. The molecule has 2 N–H and O–H groups in total. The van der Waals surface area contributed by atoms with E-state index >= 15 is 0 Å². The minimum Gasteiger partial charge on any atom is -0.378 e. The van der Waals surface area contributed by atoms with Crippen molar-refractivity contribution in [1.82, 2.24) is 5.01 Å². The fourth-order valence-corrected chi connectivity index (χ4v) is 1.37. The van der Waals surface area contributed by atoms with Gasteiger partial charge in [-0.15, -0.1) is 0 Å². The van der Waals surface area contributed by atoms with Crippen LogP contribution in [-0.2, 0) is 4.74 Å². The summed E-state index contributed by atoms with van der Waals surface area (Å²) in [4.78, 5) is 0. The molecule has 0 aromatic heterocycles. The molecule has 0 aromatic carbocycles. The summed E-state index contributed by atoms with van der Waals surface area (Å²) in [5.41, 5.74) is 0. The van der Waals surface area contributed by atoms with Gasteiger partial charge < -0.3 is 4.74 Å². The Kier molecular flexibility index (Phi) is 0.848. The molecule has 2 atom stereocenters. The quantitative estimate of drug-likeness (QED) is 0.425. The van der Waals surface area contributed by atoms with Gasteiger partial charge >= 0.3 is 0 Å². The number of hydrogen-bond acceptors (Lipinski definition) is 3. The molecule has 3 saturated heterocycles. The fourth-order valence-electron chi connectivity index (χ4n) is 1.37. The average Bonchev–Trinajstić information content (AvgIpc) is 1.89. The summed E-state index contributed by atoms with van der Waals surface area (Å²) in [5, 5.41) is 1.91. The molecular formula is C5H10N2O. The van der Waals surface area contributed by atoms with E-state index in [0.29, 0.717) is 12.1 Å². The number of hydrazine groups is 1. The Morgan fingerprint density at radius 1 is 1.38 bits per heavy atom. The second-order valence-electron chi connectivity index (χ2n) is 2.53. The molecule has 0 aliphatic carbocycles. The van der Waals surface area contributed by atoms with Gasteiger partial charge in [-0.25, -0.2) is 5.01 Å². The summed E-state index contributed by atoms with van der Waals surface area (Å²) in [7, 11) is 0. The van der Waals surface area contributed by atoms with Gasteiger partial charge in [0.15, 0.2) is 0 Å². The molecule has 3 heterocycles. The predicted molar refractivity (Wildman–Crippen MR) is 29.0 cm³/mol. The highest BCUT2D eigenvalue weighted by atomic mass is 16.5. The predicted octanol–water partition coefficient (Wildman–Crippen LogP) is -0.667. The minimum atomic E-state index is 0.536. The summed E-state index contributed by atoms with van der Waals surface area (Å²) < 4.78 is 5.18. The summed E-state index contributed by atoms with van der Waals surface area (Å²) in [6, 6.07) is 1.07. The van der Waals surface area contributed by atoms with Crippen LogP contribution in [0.25, 0.3) is 0 Å². The van der Waals surface area contributed by atoms with E-state index in [1.807, 2.05) is 5.01 Å². The van der Waals surface area contributed by atoms with Crippen molar-refractivity contribution in [2.24, 2.45) is 5.84 Å². The van der Waals surface area contributed by atoms with Gasteiger partial charge in [-0.2, -0.15) is 0 Å². The number of ether oxygens (including phenoxy) is 1. The first-order valence-electron chi connectivity index (χ1n) is 2.98. The zero-order chi connectivity index (χ0) is 5.56. The van der Waals surface area contributed by atoms with E-state index in [9.17, 15) is 0 Å². The van der Waals surface area contributed by atoms with Gasteiger partial charge in [-0.3, -0.25) is 5.84 Å². The third kappa shape index (κ3) is 0.438. The van der Waals surface area contributed by atoms with Crippen LogP contribution in [0.2, 0.25) is 0 Å². The zero-order valence-corrected chi connectivity index (χ0v) is 4.71. The van der Waals surface area contributed by atoms with Crippen LogP contribution in [0.15, 0.2) is 0 Å². The zero-order valence-electron chi connectivity index (χ0n) is 4.71. The first-order chi connectivity index (χ1) is 3.88. The van der Waals surface area contributed by atoms with Crippen molar-refractivity contribution in [3.05, 3.63) is 0 Å². The number of nitrogens with two attached hydrogens (primary N) is 1. The summed E-state index contributed by atoms with van der Waals surface area (Å²) in [6.07, 6.45) is 1.25. The van der Waals surface area contributed by atoms with Gasteiger partial charge in [0.2, 0.25) is 0 Å². The molecule has 3 heteroatoms. The summed E-state index contributed by atoms with van der Waals surface area (Å²) >= 11 is 0. The van der Waals surface area contributed by atoms with Crippen LogP contribution in [0, 0.1) is 0 Å². The van der Waals surface area contributed by atoms with E-state index < -0.39 is 0 Å². The maximum atomic E-state index is 5.58. The molecule has 2 bridgehead atoms. The van der Waals surface area contributed by atoms with Crippen molar-refractivity contribution in [3.63, 3.8) is 0 Å². The SMILES string of the molecule is NN1[C@H]2COC[C@H]1C2. The lowest BCUT2D eigenvalue weighted by Crippen LogP contribution is -2.66. The van der Waals surface area contributed by atoms with Gasteiger partial charge in [0.05, 0.1) is 13.2 Å². The number of rotatable bonds is 0. The molecular weight excluding hydrogens is 104 g/mol. The molecule has 0 unspecified atom stereocenters. The van der Waals surface area contributed by atoms with Gasteiger partial charge in [0, 0.05) is 12.1 Å². The first kappa shape index (κ1) is 4.73. The Labute approximate surface area is 48.4 Å². The first-order valence-corrected chi connectivity index (χ1v) is 2.98. The van der Waals surface area contributed by atoms with Crippen molar-refractivity contribution < 1.29 is 4.74 Å². The van der Waals surface area contributed by atoms with Crippen molar-refractivity contribution in [3.8, 4) is 0 Å². The van der Waals surface area contributed by atoms with Crippen LogP contribution in [-0.4, -0.2) is 30.3 Å². The Morgan fingerprint density at radius 2 is 2.00 bits per heavy atom. The Balaban J connectivity index is 2.03. The normalized spacial score (nSPS) is 46.1. The van der Waals surface area contributed by atoms with Crippen molar-refractivity contribution in [2.75, 3.05) is 13.2 Å². The van der Waals surface area contributed by atoms with E-state index in [0.717, 1.165) is 13.2 Å². The number of morpholine rings is 1. The van der Waals surface area contributed by atoms with Gasteiger partial charge in [0.1, 0.15) is 0 Å². The van der Waals surface area contributed by atoms with Crippen LogP contribution in [0.3, 0.4) is 0 Å². The number of nitrogens with zero attached hydrogens (tertiary/aromatic N) is 1. The van der Waals surface area contributed by atoms with Crippen molar-refractivity contribution in [2.45, 2.75) is 18.5 Å². The Morgan fingerprint density at radius 3 is 2.25 bits per heavy atom. The highest BCUT2D eigenvalue weighted by Gasteiger charge is 2.40. The lowest BCUT2D eigenvalue weighted by Gasteiger charge is -2.49. The number of hydrogen-bond donors (Lipinski definition) is 1. The molecule has 0 aromatic rings. The van der Waals surface area contributed by atoms with E-state index in [2.05, 4.69) is 0 Å². The van der Waals surface area contributed by atoms with E-state index in [4.69, 9.17) is 10.6 Å². The molecule has 0 radical (unpaired) electrons. The molecule has 0 saturated carbocycles. The largest absolute Gasteiger partial charge is 0.378 e. The molecule has 3 nitrogen and oxygen atoms in total. The summed E-state index contributed by atoms with van der Waals surface area (Å²) in [5.74, 6) is 5.58. The van der Waals surface area contributed by atoms with Gasteiger partial charge in [-0.1, -0.05) is 0 Å². The molecule has 46 valence electrons. The topological polar surface area (TPSA) is 38.5 Å². The molecule has 3 rings (SSSR count). The number of fused-ring (bicyclic) bond motifs is 2. The van der Waals surface area contributed by atoms with Crippen LogP contribution >= 0.6 is 0 Å². The van der Waals surface area contributed by atoms with Crippen LogP contribution in [0.1, 0.15) is 6.42 Å². The van der Waals surface area contributed by atoms with E-state index in [1.165, 1.54) is 6.42 Å². The van der Waals surface area contributed by atoms with E-state index in [-0.39, 0.29) is 0 Å². The highest BCUT2D eigenvalue weighted by Crippen LogP contribution is 2.26. The molecule has 0 spiro atoms. The van der Waals surface area contributed by atoms with Crippen LogP contribution in [0.4, 0.5) is 0 Å². The second-order valence-corrected chi connectivity index (χ2v) is 2.53. The molecule has 8 heavy (non-hydrogen) atoms. The maximum absolute atomic E-state index is 5.58. The van der Waals surface area contributed by atoms with Crippen LogP contribution < -0.4 is 5.84 Å². The monoisotopic (exact) mass is 114 g/mol. The third-order valence-electron chi connectivity index (χ3n) is 2.01. The standard InChI is InChI=1S/C5H10N2O/c6-7-4-1-5(7)3-8-2-4/h4-5H,1-3,6H2/t4-,5-/m1/s1. The highest BCUT2D eigenvalue weighted by molar-refractivity contribution is 4.92.